The van der Waals surface area contributed by atoms with Gasteiger partial charge in [0.1, 0.15) is 23.5 Å². The number of hydrogen-bond donors (Lipinski definition) is 1. The molecule has 0 aliphatic rings. The van der Waals surface area contributed by atoms with Gasteiger partial charge in [0, 0.05) is 0 Å². The quantitative estimate of drug-likeness (QED) is 0.798. The average molecular weight is 327 g/mol. The van der Waals surface area contributed by atoms with Crippen LogP contribution in [0.5, 0.6) is 0 Å². The van der Waals surface area contributed by atoms with Crippen LogP contribution in [0.3, 0.4) is 0 Å². The van der Waals surface area contributed by atoms with E-state index in [4.69, 9.17) is 17.3 Å². The van der Waals surface area contributed by atoms with E-state index in [1.165, 1.54) is 6.33 Å². The van der Waals surface area contributed by atoms with Gasteiger partial charge in [-0.1, -0.05) is 25.4 Å². The Bertz CT molecular complexity index is 922. The molecule has 0 saturated carbocycles. The number of nitrogens with zero attached hydrogens (tertiary/aromatic N) is 5. The molecule has 0 spiro atoms. The van der Waals surface area contributed by atoms with Crippen LogP contribution in [0.25, 0.3) is 16.9 Å². The van der Waals surface area contributed by atoms with E-state index < -0.39 is 0 Å². The first kappa shape index (κ1) is 15.3. The molecule has 7 heteroatoms. The summed E-state index contributed by atoms with van der Waals surface area (Å²) in [6, 6.07) is 5.89. The molecular formula is C16H15ClN6. The van der Waals surface area contributed by atoms with Crippen LogP contribution in [-0.4, -0.2) is 19.5 Å². The van der Waals surface area contributed by atoms with E-state index in [9.17, 15) is 5.26 Å². The largest absolute Gasteiger partial charge is 0.382 e. The standard InChI is InChI=1S/C16H15ClN6/c1-9(2)5-11-10(6-18)3-4-12-14(11)22-8-23(12)16-13(17)15(19)20-7-21-16/h3-4,7-9H,5H2,1-2H3,(H2,19,20,21). The Morgan fingerprint density at radius 3 is 2.78 bits per heavy atom. The molecular weight excluding hydrogens is 312 g/mol. The zero-order chi connectivity index (χ0) is 16.6. The summed E-state index contributed by atoms with van der Waals surface area (Å²) >= 11 is 6.22. The Morgan fingerprint density at radius 1 is 1.30 bits per heavy atom. The van der Waals surface area contributed by atoms with Crippen LogP contribution in [0.15, 0.2) is 24.8 Å². The lowest BCUT2D eigenvalue weighted by Crippen LogP contribution is -2.03. The number of imidazole rings is 1. The van der Waals surface area contributed by atoms with Crippen molar-refractivity contribution in [3.8, 4) is 11.9 Å². The zero-order valence-electron chi connectivity index (χ0n) is 12.8. The number of hydrogen-bond acceptors (Lipinski definition) is 5. The maximum atomic E-state index is 9.35. The molecule has 0 aliphatic heterocycles. The van der Waals surface area contributed by atoms with E-state index in [2.05, 4.69) is 34.9 Å². The van der Waals surface area contributed by atoms with Gasteiger partial charge in [-0.25, -0.2) is 15.0 Å². The lowest BCUT2D eigenvalue weighted by atomic mass is 9.97. The number of rotatable bonds is 3. The lowest BCUT2D eigenvalue weighted by Gasteiger charge is -2.10. The Morgan fingerprint density at radius 2 is 2.09 bits per heavy atom. The molecule has 3 aromatic rings. The minimum atomic E-state index is 0.217. The highest BCUT2D eigenvalue weighted by Gasteiger charge is 2.17. The maximum absolute atomic E-state index is 9.35. The molecule has 116 valence electrons. The van der Waals surface area contributed by atoms with Gasteiger partial charge in [-0.3, -0.25) is 4.57 Å². The van der Waals surface area contributed by atoms with Crippen molar-refractivity contribution in [2.24, 2.45) is 5.92 Å². The number of nitrogens with two attached hydrogens (primary N) is 1. The van der Waals surface area contributed by atoms with E-state index >= 15 is 0 Å². The molecule has 0 atom stereocenters. The fourth-order valence-electron chi connectivity index (χ4n) is 2.57. The fourth-order valence-corrected chi connectivity index (χ4v) is 2.76. The van der Waals surface area contributed by atoms with Crippen LogP contribution in [0.2, 0.25) is 5.02 Å². The molecule has 0 bridgehead atoms. The highest BCUT2D eigenvalue weighted by molar-refractivity contribution is 6.34. The van der Waals surface area contributed by atoms with E-state index in [0.29, 0.717) is 17.3 Å². The van der Waals surface area contributed by atoms with Crippen molar-refractivity contribution < 1.29 is 0 Å². The minimum Gasteiger partial charge on any atom is -0.382 e. The van der Waals surface area contributed by atoms with Crippen molar-refractivity contribution in [3.63, 3.8) is 0 Å². The number of nitrogen functional groups attached to an aromatic ring is 1. The smallest absolute Gasteiger partial charge is 0.162 e. The van der Waals surface area contributed by atoms with Crippen molar-refractivity contribution in [1.29, 1.82) is 5.26 Å². The Kier molecular flexibility index (Phi) is 3.89. The van der Waals surface area contributed by atoms with E-state index in [0.717, 1.165) is 23.0 Å². The number of benzene rings is 1. The van der Waals surface area contributed by atoms with Crippen LogP contribution in [0, 0.1) is 17.2 Å². The fraction of sp³-hybridized carbons (Fsp3) is 0.250. The van der Waals surface area contributed by atoms with Gasteiger partial charge in [0.15, 0.2) is 5.82 Å². The highest BCUT2D eigenvalue weighted by Crippen LogP contribution is 2.29. The number of anilines is 1. The molecule has 3 rings (SSSR count). The minimum absolute atomic E-state index is 0.217. The van der Waals surface area contributed by atoms with E-state index in [1.54, 1.807) is 17.0 Å². The summed E-state index contributed by atoms with van der Waals surface area (Å²) in [5.41, 5.74) is 8.95. The van der Waals surface area contributed by atoms with E-state index in [1.807, 2.05) is 6.07 Å². The number of nitriles is 1. The normalized spacial score (nSPS) is 11.1. The molecule has 2 aromatic heterocycles. The molecule has 0 aliphatic carbocycles. The SMILES string of the molecule is CC(C)Cc1c(C#N)ccc2c1ncn2-c1ncnc(N)c1Cl. The van der Waals surface area contributed by atoms with Crippen molar-refractivity contribution in [3.05, 3.63) is 40.9 Å². The molecule has 2 heterocycles. The third-order valence-electron chi connectivity index (χ3n) is 3.58. The summed E-state index contributed by atoms with van der Waals surface area (Å²) in [4.78, 5) is 12.6. The highest BCUT2D eigenvalue weighted by atomic mass is 35.5. The summed E-state index contributed by atoms with van der Waals surface area (Å²) in [6.45, 7) is 4.22. The molecule has 0 saturated heterocycles. The summed E-state index contributed by atoms with van der Waals surface area (Å²) in [5, 5.41) is 9.63. The predicted molar refractivity (Wildman–Crippen MR) is 89.3 cm³/mol. The third-order valence-corrected chi connectivity index (χ3v) is 3.95. The van der Waals surface area contributed by atoms with Gasteiger partial charge in [-0.05, 0) is 30.0 Å². The molecule has 0 radical (unpaired) electrons. The van der Waals surface area contributed by atoms with Gasteiger partial charge in [0.25, 0.3) is 0 Å². The Labute approximate surface area is 138 Å². The second-order valence-electron chi connectivity index (χ2n) is 5.68. The molecule has 6 nitrogen and oxygen atoms in total. The zero-order valence-corrected chi connectivity index (χ0v) is 13.5. The van der Waals surface area contributed by atoms with Gasteiger partial charge in [0.05, 0.1) is 22.7 Å². The predicted octanol–water partition coefficient (Wildman–Crippen LogP) is 3.12. The molecule has 0 amide bonds. The van der Waals surface area contributed by atoms with E-state index in [-0.39, 0.29) is 10.8 Å². The molecule has 23 heavy (non-hydrogen) atoms. The molecule has 0 unspecified atom stereocenters. The first-order chi connectivity index (χ1) is 11.0. The van der Waals surface area contributed by atoms with Crippen LogP contribution in [0.1, 0.15) is 25.0 Å². The van der Waals surface area contributed by atoms with Crippen molar-refractivity contribution in [1.82, 2.24) is 19.5 Å². The number of halogens is 1. The first-order valence-corrected chi connectivity index (χ1v) is 7.56. The van der Waals surface area contributed by atoms with Crippen LogP contribution >= 0.6 is 11.6 Å². The summed E-state index contributed by atoms with van der Waals surface area (Å²) in [5.74, 6) is 1.10. The summed E-state index contributed by atoms with van der Waals surface area (Å²) < 4.78 is 1.76. The van der Waals surface area contributed by atoms with Gasteiger partial charge in [-0.2, -0.15) is 5.26 Å². The van der Waals surface area contributed by atoms with Crippen molar-refractivity contribution in [2.75, 3.05) is 5.73 Å². The number of aromatic nitrogens is 4. The molecule has 0 fully saturated rings. The van der Waals surface area contributed by atoms with Gasteiger partial charge >= 0.3 is 0 Å². The topological polar surface area (TPSA) is 93.4 Å². The van der Waals surface area contributed by atoms with Crippen LogP contribution in [-0.2, 0) is 6.42 Å². The average Bonchev–Trinajstić information content (AvgIpc) is 2.94. The van der Waals surface area contributed by atoms with Gasteiger partial charge in [0.2, 0.25) is 0 Å². The van der Waals surface area contributed by atoms with Crippen LogP contribution in [0.4, 0.5) is 5.82 Å². The number of fused-ring (bicyclic) bond motifs is 1. The van der Waals surface area contributed by atoms with Gasteiger partial charge in [-0.15, -0.1) is 0 Å². The first-order valence-electron chi connectivity index (χ1n) is 7.18. The maximum Gasteiger partial charge on any atom is 0.162 e. The lowest BCUT2D eigenvalue weighted by molar-refractivity contribution is 0.648. The third kappa shape index (κ3) is 2.60. The van der Waals surface area contributed by atoms with Gasteiger partial charge < -0.3 is 5.73 Å². The summed E-state index contributed by atoms with van der Waals surface area (Å²) in [6.07, 6.45) is 3.78. The van der Waals surface area contributed by atoms with Crippen molar-refractivity contribution in [2.45, 2.75) is 20.3 Å². The Hall–Kier alpha value is -2.65. The second kappa shape index (κ2) is 5.86. The second-order valence-corrected chi connectivity index (χ2v) is 6.06. The Balaban J connectivity index is 2.26. The molecule has 2 N–H and O–H groups in total. The monoisotopic (exact) mass is 326 g/mol. The summed E-state index contributed by atoms with van der Waals surface area (Å²) in [7, 11) is 0. The molecule has 1 aromatic carbocycles. The van der Waals surface area contributed by atoms with Crippen molar-refractivity contribution >= 4 is 28.5 Å². The van der Waals surface area contributed by atoms with Crippen LogP contribution < -0.4 is 5.73 Å².